The Labute approximate surface area is 196 Å². The summed E-state index contributed by atoms with van der Waals surface area (Å²) in [7, 11) is 0. The lowest BCUT2D eigenvalue weighted by Gasteiger charge is -2.23. The van der Waals surface area contributed by atoms with Gasteiger partial charge in [0.1, 0.15) is 11.5 Å². The van der Waals surface area contributed by atoms with E-state index in [2.05, 4.69) is 27.2 Å². The number of halogens is 1. The van der Waals surface area contributed by atoms with Crippen molar-refractivity contribution in [2.45, 2.75) is 45.2 Å². The molecule has 2 unspecified atom stereocenters. The number of rotatable bonds is 7. The Balaban J connectivity index is 1.33. The van der Waals surface area contributed by atoms with Crippen molar-refractivity contribution in [2.75, 3.05) is 16.9 Å². The fraction of sp³-hybridized carbons (Fsp3) is 0.320. The van der Waals surface area contributed by atoms with E-state index in [-0.39, 0.29) is 23.8 Å². The zero-order valence-electron chi connectivity index (χ0n) is 18.7. The van der Waals surface area contributed by atoms with Crippen LogP contribution >= 0.6 is 11.3 Å². The number of hydrogen-bond acceptors (Lipinski definition) is 5. The number of allylic oxidation sites excluding steroid dienone is 1. The highest BCUT2D eigenvalue weighted by Crippen LogP contribution is 2.31. The Morgan fingerprint density at radius 3 is 2.82 bits per heavy atom. The predicted octanol–water partition coefficient (Wildman–Crippen LogP) is 4.94. The topological polar surface area (TPSA) is 60.3 Å². The normalized spacial score (nSPS) is 20.0. The van der Waals surface area contributed by atoms with Gasteiger partial charge in [0.15, 0.2) is 5.13 Å². The van der Waals surface area contributed by atoms with Crippen LogP contribution in [0.25, 0.3) is 10.2 Å². The van der Waals surface area contributed by atoms with Gasteiger partial charge >= 0.3 is 0 Å². The van der Waals surface area contributed by atoms with Gasteiger partial charge in [0.2, 0.25) is 5.71 Å². The van der Waals surface area contributed by atoms with Crippen LogP contribution < -0.4 is 15.6 Å². The van der Waals surface area contributed by atoms with Crippen molar-refractivity contribution < 1.29 is 13.9 Å². The second-order valence-corrected chi connectivity index (χ2v) is 9.56. The monoisotopic (exact) mass is 464 g/mol. The van der Waals surface area contributed by atoms with Gasteiger partial charge in [-0.2, -0.15) is 0 Å². The van der Waals surface area contributed by atoms with Crippen molar-refractivity contribution in [3.05, 3.63) is 66.1 Å². The molecule has 0 spiro atoms. The van der Waals surface area contributed by atoms with Crippen LogP contribution in [-0.2, 0) is 0 Å². The first kappa shape index (κ1) is 21.6. The zero-order valence-corrected chi connectivity index (χ0v) is 19.5. The van der Waals surface area contributed by atoms with Gasteiger partial charge in [-0.25, -0.2) is 9.37 Å². The molecule has 2 N–H and O–H groups in total. The second-order valence-electron chi connectivity index (χ2n) is 8.53. The summed E-state index contributed by atoms with van der Waals surface area (Å²) in [5.74, 6) is -0.339. The number of hydrazone groups is 1. The highest BCUT2D eigenvalue weighted by molar-refractivity contribution is 7.22. The molecule has 33 heavy (non-hydrogen) atoms. The van der Waals surface area contributed by atoms with Crippen molar-refractivity contribution >= 4 is 44.0 Å². The molecule has 1 fully saturated rings. The Morgan fingerprint density at radius 2 is 2.03 bits per heavy atom. The van der Waals surface area contributed by atoms with Crippen LogP contribution in [0, 0.1) is 5.82 Å². The van der Waals surface area contributed by atoms with Gasteiger partial charge in [-0.3, -0.25) is 4.79 Å². The van der Waals surface area contributed by atoms with Gasteiger partial charge in [0.05, 0.1) is 22.0 Å². The molecule has 1 saturated carbocycles. The molecule has 8 heteroatoms. The van der Waals surface area contributed by atoms with Crippen molar-refractivity contribution in [3.63, 3.8) is 0 Å². The SMILES string of the molecule is CC=CN(c1ccccc1C(=O)NC1CCCC1Nc1nc2ccc(F)cc2s1)[N+]1=C(C)C1. The first-order valence-electron chi connectivity index (χ1n) is 11.3. The van der Waals surface area contributed by atoms with E-state index in [4.69, 9.17) is 0 Å². The van der Waals surface area contributed by atoms with Gasteiger partial charge in [-0.1, -0.05) is 34.2 Å². The van der Waals surface area contributed by atoms with Gasteiger partial charge in [0, 0.05) is 19.0 Å². The molecule has 1 amide bonds. The van der Waals surface area contributed by atoms with E-state index in [0.717, 1.165) is 46.8 Å². The summed E-state index contributed by atoms with van der Waals surface area (Å²) in [5, 5.41) is 9.54. The van der Waals surface area contributed by atoms with E-state index in [0.29, 0.717) is 5.56 Å². The fourth-order valence-electron chi connectivity index (χ4n) is 4.41. The Kier molecular flexibility index (Phi) is 5.85. The van der Waals surface area contributed by atoms with Crippen molar-refractivity contribution in [3.8, 4) is 0 Å². The number of carbonyl (C=O) groups excluding carboxylic acids is 1. The van der Waals surface area contributed by atoms with E-state index in [1.807, 2.05) is 48.5 Å². The van der Waals surface area contributed by atoms with Crippen LogP contribution in [0.4, 0.5) is 15.2 Å². The van der Waals surface area contributed by atoms with E-state index in [1.165, 1.54) is 29.2 Å². The number of nitrogens with zero attached hydrogens (tertiary/aromatic N) is 3. The molecule has 170 valence electrons. The summed E-state index contributed by atoms with van der Waals surface area (Å²) < 4.78 is 16.5. The van der Waals surface area contributed by atoms with Crippen LogP contribution in [-0.4, -0.2) is 39.9 Å². The molecule has 0 saturated heterocycles. The highest BCUT2D eigenvalue weighted by atomic mass is 32.1. The number of anilines is 2. The van der Waals surface area contributed by atoms with Crippen molar-refractivity contribution in [2.24, 2.45) is 0 Å². The maximum absolute atomic E-state index is 13.5. The summed E-state index contributed by atoms with van der Waals surface area (Å²) in [5.41, 5.74) is 3.55. The number of aromatic nitrogens is 1. The molecule has 6 nitrogen and oxygen atoms in total. The van der Waals surface area contributed by atoms with Crippen LogP contribution in [0.3, 0.4) is 0 Å². The Bertz CT molecular complexity index is 1270. The predicted molar refractivity (Wildman–Crippen MR) is 132 cm³/mol. The molecule has 1 aliphatic heterocycles. The first-order chi connectivity index (χ1) is 16.0. The third-order valence-electron chi connectivity index (χ3n) is 6.15. The molecule has 2 aromatic carbocycles. The van der Waals surface area contributed by atoms with Crippen LogP contribution in [0.5, 0.6) is 0 Å². The maximum Gasteiger partial charge on any atom is 0.253 e. The molecular formula is C25H27FN5OS+. The summed E-state index contributed by atoms with van der Waals surface area (Å²) in [4.78, 5) is 17.9. The Hall–Kier alpha value is -3.26. The lowest BCUT2D eigenvalue weighted by atomic mass is 10.1. The lowest BCUT2D eigenvalue weighted by Crippen LogP contribution is -2.43. The third-order valence-corrected chi connectivity index (χ3v) is 7.10. The number of carbonyl (C=O) groups is 1. The minimum absolute atomic E-state index is 0.000925. The maximum atomic E-state index is 13.5. The third kappa shape index (κ3) is 4.48. The number of amides is 1. The van der Waals surface area contributed by atoms with E-state index < -0.39 is 0 Å². The molecule has 2 atom stereocenters. The summed E-state index contributed by atoms with van der Waals surface area (Å²) in [6, 6.07) is 12.4. The molecule has 2 aliphatic rings. The van der Waals surface area contributed by atoms with Gasteiger partial charge in [0.25, 0.3) is 12.5 Å². The minimum Gasteiger partial charge on any atom is -0.357 e. The number of nitrogens with one attached hydrogen (secondary N) is 2. The number of fused-ring (bicyclic) bond motifs is 1. The number of benzene rings is 2. The van der Waals surface area contributed by atoms with E-state index in [1.54, 1.807) is 6.07 Å². The number of thiazole rings is 1. The molecule has 1 aromatic heterocycles. The largest absolute Gasteiger partial charge is 0.357 e. The lowest BCUT2D eigenvalue weighted by molar-refractivity contribution is -0.446. The van der Waals surface area contributed by atoms with Crippen LogP contribution in [0.1, 0.15) is 43.5 Å². The van der Waals surface area contributed by atoms with Gasteiger partial charge < -0.3 is 10.6 Å². The average molecular weight is 465 g/mol. The molecule has 0 bridgehead atoms. The summed E-state index contributed by atoms with van der Waals surface area (Å²) in [6.07, 6.45) is 6.84. The first-order valence-corrected chi connectivity index (χ1v) is 12.1. The molecule has 2 heterocycles. The number of hydrogen-bond donors (Lipinski definition) is 2. The van der Waals surface area contributed by atoms with E-state index in [9.17, 15) is 9.18 Å². The van der Waals surface area contributed by atoms with Crippen LogP contribution in [0.2, 0.25) is 0 Å². The molecule has 0 radical (unpaired) electrons. The number of hydrazine groups is 1. The number of para-hydroxylation sites is 1. The fourth-order valence-corrected chi connectivity index (χ4v) is 5.36. The van der Waals surface area contributed by atoms with Crippen molar-refractivity contribution in [1.29, 1.82) is 0 Å². The minimum atomic E-state index is -0.260. The molecule has 5 rings (SSSR count). The molecular weight excluding hydrogens is 437 g/mol. The van der Waals surface area contributed by atoms with E-state index >= 15 is 0 Å². The highest BCUT2D eigenvalue weighted by Gasteiger charge is 2.37. The van der Waals surface area contributed by atoms with Gasteiger partial charge in [-0.15, -0.1) is 5.01 Å². The second kappa shape index (κ2) is 8.94. The zero-order chi connectivity index (χ0) is 22.9. The summed E-state index contributed by atoms with van der Waals surface area (Å²) in [6.45, 7) is 4.95. The average Bonchev–Trinajstić information content (AvgIpc) is 3.17. The summed E-state index contributed by atoms with van der Waals surface area (Å²) >= 11 is 1.44. The molecule has 1 aliphatic carbocycles. The van der Waals surface area contributed by atoms with Crippen LogP contribution in [0.15, 0.2) is 54.7 Å². The smallest absolute Gasteiger partial charge is 0.253 e. The van der Waals surface area contributed by atoms with Gasteiger partial charge in [-0.05, 0) is 56.5 Å². The standard InChI is InChI=1S/C25H26FN5OS/c1-3-13-30(31-15-16(31)2)22-10-5-4-7-18(22)24(32)27-19-8-6-9-20(19)28-25-29-21-12-11-17(26)14-23(21)33-25/h3-5,7,10-14,19-20H,6,8-9,15H2,1-2H3,(H-,27,28,29,32)/p+1. The Morgan fingerprint density at radius 1 is 1.24 bits per heavy atom. The van der Waals surface area contributed by atoms with Crippen molar-refractivity contribution in [1.82, 2.24) is 10.3 Å². The quantitative estimate of drug-likeness (QED) is 0.486. The molecule has 3 aromatic rings.